The van der Waals surface area contributed by atoms with Crippen LogP contribution in [0, 0.1) is 10.8 Å². The van der Waals surface area contributed by atoms with Crippen molar-refractivity contribution in [2.45, 2.75) is 85.2 Å². The Bertz CT molecular complexity index is 685. The summed E-state index contributed by atoms with van der Waals surface area (Å²) in [5, 5.41) is 0. The molecule has 1 atom stereocenters. The molecule has 0 amide bonds. The molecule has 2 aliphatic rings. The summed E-state index contributed by atoms with van der Waals surface area (Å²) in [6.45, 7) is 21.8. The molecule has 0 saturated heterocycles. The van der Waals surface area contributed by atoms with Gasteiger partial charge in [0, 0.05) is 0 Å². The first-order valence-electron chi connectivity index (χ1n) is 9.88. The van der Waals surface area contributed by atoms with E-state index in [-0.39, 0.29) is 40.4 Å². The van der Waals surface area contributed by atoms with E-state index in [0.29, 0.717) is 0 Å². The van der Waals surface area contributed by atoms with E-state index < -0.39 is 7.22 Å². The van der Waals surface area contributed by atoms with Gasteiger partial charge in [0.15, 0.2) is 0 Å². The summed E-state index contributed by atoms with van der Waals surface area (Å²) in [6, 6.07) is 0. The normalized spacial score (nSPS) is 23.1. The van der Waals surface area contributed by atoms with Crippen LogP contribution in [0.3, 0.4) is 0 Å². The molecule has 0 spiro atoms. The third kappa shape index (κ3) is 7.20. The van der Waals surface area contributed by atoms with Crippen molar-refractivity contribution in [2.75, 3.05) is 0 Å². The summed E-state index contributed by atoms with van der Waals surface area (Å²) in [5.41, 5.74) is 5.16. The molecule has 0 nitrogen and oxygen atoms in total. The third-order valence-corrected chi connectivity index (χ3v) is 10.5. The molecule has 2 rings (SSSR count). The van der Waals surface area contributed by atoms with Gasteiger partial charge < -0.3 is 24.8 Å². The maximum Gasteiger partial charge on any atom is -1.00 e. The van der Waals surface area contributed by atoms with E-state index in [1.165, 1.54) is 18.4 Å². The Hall–Kier alpha value is 0.821. The molecule has 0 heterocycles. The van der Waals surface area contributed by atoms with Gasteiger partial charge in [0.05, 0.1) is 0 Å². The van der Waals surface area contributed by atoms with Crippen LogP contribution >= 0.6 is 11.2 Å². The Morgan fingerprint density at radius 1 is 1.04 bits per heavy atom. The average Bonchev–Trinajstić information content (AvgIpc) is 2.79. The zero-order valence-corrected chi connectivity index (χ0v) is 24.0. The van der Waals surface area contributed by atoms with E-state index >= 15 is 0 Å². The second-order valence-electron chi connectivity index (χ2n) is 10.9. The third-order valence-electron chi connectivity index (χ3n) is 5.12. The zero-order valence-electron chi connectivity index (χ0n) is 19.1. The number of rotatable bonds is 4. The second-order valence-corrected chi connectivity index (χ2v) is 21.4. The van der Waals surface area contributed by atoms with Gasteiger partial charge in [-0.3, -0.25) is 0 Å². The van der Waals surface area contributed by atoms with Crippen molar-refractivity contribution in [2.24, 2.45) is 10.8 Å². The summed E-state index contributed by atoms with van der Waals surface area (Å²) in [6.07, 6.45) is 13.4. The molecule has 2 aliphatic carbocycles. The molecule has 5 heteroatoms. The van der Waals surface area contributed by atoms with Crippen LogP contribution in [0.5, 0.6) is 0 Å². The van der Waals surface area contributed by atoms with Crippen molar-refractivity contribution in [3.8, 4) is 0 Å². The van der Waals surface area contributed by atoms with Gasteiger partial charge in [0.1, 0.15) is 0 Å². The SMILES string of the molecule is CC(C)(C)C1=CCC(CC2=[C]([Ti+2])CC=C2)(S[Si](C)(C)C)C(C(C)(C)C)=C1.[Cl-].[Cl-]. The molecule has 0 fully saturated rings. The summed E-state index contributed by atoms with van der Waals surface area (Å²) in [7, 11) is -1.30. The van der Waals surface area contributed by atoms with E-state index in [1.807, 2.05) is 0 Å². The van der Waals surface area contributed by atoms with Gasteiger partial charge in [0.2, 0.25) is 0 Å². The fourth-order valence-electron chi connectivity index (χ4n) is 4.06. The van der Waals surface area contributed by atoms with Gasteiger partial charge in [-0.05, 0) is 0 Å². The first kappa shape index (κ1) is 28.8. The van der Waals surface area contributed by atoms with E-state index in [0.717, 1.165) is 6.42 Å². The van der Waals surface area contributed by atoms with Gasteiger partial charge in [-0.15, -0.1) is 0 Å². The first-order chi connectivity index (χ1) is 11.6. The minimum Gasteiger partial charge on any atom is -1.00 e. The van der Waals surface area contributed by atoms with E-state index in [9.17, 15) is 0 Å². The quantitative estimate of drug-likeness (QED) is 0.540. The smallest absolute Gasteiger partial charge is 1.00 e. The van der Waals surface area contributed by atoms with Gasteiger partial charge in [-0.25, -0.2) is 0 Å². The molecule has 0 aromatic carbocycles. The van der Waals surface area contributed by atoms with E-state index in [2.05, 4.69) is 117 Å². The maximum absolute atomic E-state index is 2.57. The number of halogens is 2. The molecule has 0 bridgehead atoms. The van der Waals surface area contributed by atoms with Crippen molar-refractivity contribution in [3.05, 3.63) is 44.9 Å². The maximum atomic E-state index is 2.57. The summed E-state index contributed by atoms with van der Waals surface area (Å²) < 4.78 is 1.78. The molecule has 0 aliphatic heterocycles. The Kier molecular flexibility index (Phi) is 10.3. The van der Waals surface area contributed by atoms with Crippen LogP contribution in [0.1, 0.15) is 60.8 Å². The molecule has 1 unspecified atom stereocenters. The molecule has 28 heavy (non-hydrogen) atoms. The standard InChI is InChI=1S/C23H37SSi.2ClH.Ti/c1-21(2,3)19-14-15-23(24-25(7,8)9,17-18-12-10-11-13-18)20(16-19)22(4,5)6;;;/h10,12,14,16H,11,15,17H2,1-9H3;2*1H;/q;;;+2/p-2. The molecule has 0 saturated carbocycles. The van der Waals surface area contributed by atoms with Crippen LogP contribution in [0.15, 0.2) is 44.9 Å². The first-order valence-corrected chi connectivity index (χ1v) is 15.7. The van der Waals surface area contributed by atoms with E-state index in [4.69, 9.17) is 0 Å². The predicted molar refractivity (Wildman–Crippen MR) is 119 cm³/mol. The Morgan fingerprint density at radius 3 is 2.00 bits per heavy atom. The molecule has 0 radical (unpaired) electrons. The van der Waals surface area contributed by atoms with Crippen molar-refractivity contribution in [1.82, 2.24) is 0 Å². The van der Waals surface area contributed by atoms with Gasteiger partial charge in [-0.2, -0.15) is 0 Å². The van der Waals surface area contributed by atoms with Crippen LogP contribution < -0.4 is 24.8 Å². The predicted octanol–water partition coefficient (Wildman–Crippen LogP) is 1.80. The fourth-order valence-corrected chi connectivity index (χ4v) is 10.9. The zero-order chi connectivity index (χ0) is 20.0. The molecule has 0 aromatic heterocycles. The van der Waals surface area contributed by atoms with Crippen LogP contribution in [-0.2, 0) is 20.4 Å². The topological polar surface area (TPSA) is 0 Å². The van der Waals surface area contributed by atoms with Gasteiger partial charge in [-0.1, -0.05) is 0 Å². The van der Waals surface area contributed by atoms with Gasteiger partial charge >= 0.3 is 180 Å². The Labute approximate surface area is 203 Å². The van der Waals surface area contributed by atoms with Crippen molar-refractivity contribution < 1.29 is 45.2 Å². The summed E-state index contributed by atoms with van der Waals surface area (Å²) in [5.74, 6) is 0. The summed E-state index contributed by atoms with van der Waals surface area (Å²) >= 11 is 4.64. The molecule has 0 aromatic rings. The number of hydrogen-bond donors (Lipinski definition) is 0. The fraction of sp³-hybridized carbons (Fsp3) is 0.652. The van der Waals surface area contributed by atoms with Crippen molar-refractivity contribution in [3.63, 3.8) is 0 Å². The number of allylic oxidation sites excluding steroid dienone is 7. The molecular weight excluding hydrogens is 455 g/mol. The summed E-state index contributed by atoms with van der Waals surface area (Å²) in [4.78, 5) is 0. The molecule has 0 N–H and O–H groups in total. The monoisotopic (exact) mass is 491 g/mol. The number of hydrogen-bond acceptors (Lipinski definition) is 1. The van der Waals surface area contributed by atoms with Crippen molar-refractivity contribution >= 4 is 18.4 Å². The largest absolute Gasteiger partial charge is 1.00 e. The van der Waals surface area contributed by atoms with Crippen LogP contribution in [0.25, 0.3) is 0 Å². The Balaban J connectivity index is 0.00000364. The minimum absolute atomic E-state index is 0. The van der Waals surface area contributed by atoms with Crippen LogP contribution in [0.2, 0.25) is 19.6 Å². The van der Waals surface area contributed by atoms with Crippen LogP contribution in [0.4, 0.5) is 0 Å². The molecular formula is C23H37Cl2SSiTi. The minimum atomic E-state index is -1.30. The molecule has 157 valence electrons. The van der Waals surface area contributed by atoms with Crippen LogP contribution in [-0.4, -0.2) is 12.0 Å². The Morgan fingerprint density at radius 2 is 1.61 bits per heavy atom. The van der Waals surface area contributed by atoms with Crippen molar-refractivity contribution in [1.29, 1.82) is 0 Å². The average molecular weight is 492 g/mol. The second kappa shape index (κ2) is 9.96. The van der Waals surface area contributed by atoms with E-state index in [1.54, 1.807) is 15.0 Å². The van der Waals surface area contributed by atoms with Gasteiger partial charge in [0.25, 0.3) is 0 Å².